The molecule has 0 radical (unpaired) electrons. The maximum atomic E-state index is 11.2. The summed E-state index contributed by atoms with van der Waals surface area (Å²) < 4.78 is 0. The van der Waals surface area contributed by atoms with E-state index in [-0.39, 0.29) is 0 Å². The molecule has 3 heteroatoms. The summed E-state index contributed by atoms with van der Waals surface area (Å²) in [5.41, 5.74) is 1.63. The van der Waals surface area contributed by atoms with E-state index >= 15 is 0 Å². The molecule has 0 unspecified atom stereocenters. The molecular formula is C11H11NO2. The van der Waals surface area contributed by atoms with E-state index in [1.165, 1.54) is 0 Å². The highest BCUT2D eigenvalue weighted by Gasteiger charge is 2.10. The molecule has 1 aromatic rings. The van der Waals surface area contributed by atoms with Gasteiger partial charge in [-0.05, 0) is 25.1 Å². The van der Waals surface area contributed by atoms with Gasteiger partial charge in [0.25, 0.3) is 5.91 Å². The number of carbonyl (C=O) groups is 2. The van der Waals surface area contributed by atoms with Crippen molar-refractivity contribution in [2.45, 2.75) is 6.92 Å². The third kappa shape index (κ3) is 2.07. The van der Waals surface area contributed by atoms with Crippen LogP contribution in [0.15, 0.2) is 36.9 Å². The van der Waals surface area contributed by atoms with Crippen LogP contribution in [0.1, 0.15) is 5.56 Å². The standard InChI is InChI=1S/C11H11NO2/c1-3-11(14)12(8-13)10-6-4-9(2)5-7-10/h3-8H,1H2,2H3. The Labute approximate surface area is 82.6 Å². The minimum Gasteiger partial charge on any atom is -0.278 e. The van der Waals surface area contributed by atoms with Crippen molar-refractivity contribution >= 4 is 18.0 Å². The summed E-state index contributed by atoms with van der Waals surface area (Å²) >= 11 is 0. The van der Waals surface area contributed by atoms with Gasteiger partial charge in [-0.3, -0.25) is 9.59 Å². The van der Waals surface area contributed by atoms with E-state index in [2.05, 4.69) is 6.58 Å². The van der Waals surface area contributed by atoms with Crippen LogP contribution in [-0.4, -0.2) is 12.3 Å². The fraction of sp³-hybridized carbons (Fsp3) is 0.0909. The molecular weight excluding hydrogens is 178 g/mol. The van der Waals surface area contributed by atoms with Crippen LogP contribution in [-0.2, 0) is 9.59 Å². The van der Waals surface area contributed by atoms with Gasteiger partial charge in [0.05, 0.1) is 5.69 Å². The van der Waals surface area contributed by atoms with Crippen molar-refractivity contribution in [1.82, 2.24) is 0 Å². The van der Waals surface area contributed by atoms with Crippen molar-refractivity contribution in [2.75, 3.05) is 4.90 Å². The number of imide groups is 1. The smallest absolute Gasteiger partial charge is 0.256 e. The van der Waals surface area contributed by atoms with Crippen LogP contribution >= 0.6 is 0 Å². The van der Waals surface area contributed by atoms with E-state index in [1.54, 1.807) is 12.1 Å². The molecule has 3 nitrogen and oxygen atoms in total. The number of anilines is 1. The SMILES string of the molecule is C=CC(=O)N(C=O)c1ccc(C)cc1. The summed E-state index contributed by atoms with van der Waals surface area (Å²) in [6.07, 6.45) is 1.59. The zero-order chi connectivity index (χ0) is 10.6. The number of benzene rings is 1. The fourth-order valence-electron chi connectivity index (χ4n) is 1.04. The van der Waals surface area contributed by atoms with Crippen molar-refractivity contribution in [3.63, 3.8) is 0 Å². The number of carbonyl (C=O) groups excluding carboxylic acids is 2. The first kappa shape index (κ1) is 10.2. The first-order chi connectivity index (χ1) is 6.69. The molecule has 0 aliphatic rings. The number of nitrogens with zero attached hydrogens (tertiary/aromatic N) is 1. The Morgan fingerprint density at radius 3 is 2.36 bits per heavy atom. The monoisotopic (exact) mass is 189 g/mol. The van der Waals surface area contributed by atoms with Gasteiger partial charge in [-0.25, -0.2) is 4.90 Å². The van der Waals surface area contributed by atoms with E-state index in [9.17, 15) is 9.59 Å². The third-order valence-corrected chi connectivity index (χ3v) is 1.83. The first-order valence-corrected chi connectivity index (χ1v) is 4.16. The molecule has 0 N–H and O–H groups in total. The average Bonchev–Trinajstić information content (AvgIpc) is 2.21. The van der Waals surface area contributed by atoms with Crippen LogP contribution in [0.25, 0.3) is 0 Å². The largest absolute Gasteiger partial charge is 0.278 e. The Balaban J connectivity index is 3.00. The average molecular weight is 189 g/mol. The van der Waals surface area contributed by atoms with Crippen molar-refractivity contribution in [3.8, 4) is 0 Å². The third-order valence-electron chi connectivity index (χ3n) is 1.83. The summed E-state index contributed by atoms with van der Waals surface area (Å²) in [5.74, 6) is -0.427. The highest BCUT2D eigenvalue weighted by Crippen LogP contribution is 2.13. The van der Waals surface area contributed by atoms with E-state index in [4.69, 9.17) is 0 Å². The molecule has 0 bridgehead atoms. The van der Waals surface area contributed by atoms with Gasteiger partial charge in [0.2, 0.25) is 6.41 Å². The van der Waals surface area contributed by atoms with E-state index < -0.39 is 5.91 Å². The molecule has 0 aliphatic carbocycles. The molecule has 1 rings (SSSR count). The highest BCUT2D eigenvalue weighted by molar-refractivity contribution is 6.11. The van der Waals surface area contributed by atoms with Gasteiger partial charge in [-0.2, -0.15) is 0 Å². The van der Waals surface area contributed by atoms with Gasteiger partial charge >= 0.3 is 0 Å². The van der Waals surface area contributed by atoms with Crippen molar-refractivity contribution in [2.24, 2.45) is 0 Å². The zero-order valence-electron chi connectivity index (χ0n) is 7.93. The molecule has 0 heterocycles. The zero-order valence-corrected chi connectivity index (χ0v) is 7.93. The van der Waals surface area contributed by atoms with E-state index in [0.717, 1.165) is 16.5 Å². The molecule has 1 aromatic carbocycles. The number of hydrogen-bond donors (Lipinski definition) is 0. The maximum absolute atomic E-state index is 11.2. The van der Waals surface area contributed by atoms with Gasteiger partial charge in [0.15, 0.2) is 0 Å². The lowest BCUT2D eigenvalue weighted by Crippen LogP contribution is -2.27. The molecule has 14 heavy (non-hydrogen) atoms. The van der Waals surface area contributed by atoms with Gasteiger partial charge in [0.1, 0.15) is 0 Å². The van der Waals surface area contributed by atoms with Crippen LogP contribution < -0.4 is 4.90 Å². The van der Waals surface area contributed by atoms with E-state index in [1.807, 2.05) is 19.1 Å². The van der Waals surface area contributed by atoms with Crippen LogP contribution in [0.4, 0.5) is 5.69 Å². The molecule has 0 aliphatic heterocycles. The minimum absolute atomic E-state index is 0.427. The summed E-state index contributed by atoms with van der Waals surface area (Å²) in [7, 11) is 0. The van der Waals surface area contributed by atoms with Crippen molar-refractivity contribution in [1.29, 1.82) is 0 Å². The minimum atomic E-state index is -0.427. The Morgan fingerprint density at radius 1 is 1.36 bits per heavy atom. The van der Waals surface area contributed by atoms with Gasteiger partial charge in [0, 0.05) is 0 Å². The Hall–Kier alpha value is -1.90. The topological polar surface area (TPSA) is 37.4 Å². The number of aryl methyl sites for hydroxylation is 1. The highest BCUT2D eigenvalue weighted by atomic mass is 16.2. The Bertz CT molecular complexity index is 354. The molecule has 72 valence electrons. The number of rotatable bonds is 3. The Morgan fingerprint density at radius 2 is 1.93 bits per heavy atom. The molecule has 0 spiro atoms. The fourth-order valence-corrected chi connectivity index (χ4v) is 1.04. The first-order valence-electron chi connectivity index (χ1n) is 4.16. The summed E-state index contributed by atoms with van der Waals surface area (Å²) in [6, 6.07) is 7.10. The lowest BCUT2D eigenvalue weighted by atomic mass is 10.2. The predicted molar refractivity (Wildman–Crippen MR) is 54.9 cm³/mol. The van der Waals surface area contributed by atoms with Gasteiger partial charge in [-0.15, -0.1) is 0 Å². The van der Waals surface area contributed by atoms with Crippen molar-refractivity contribution < 1.29 is 9.59 Å². The molecule has 0 saturated carbocycles. The van der Waals surface area contributed by atoms with Gasteiger partial charge in [-0.1, -0.05) is 24.3 Å². The summed E-state index contributed by atoms with van der Waals surface area (Å²) in [5, 5.41) is 0. The second kappa shape index (κ2) is 4.37. The summed E-state index contributed by atoms with van der Waals surface area (Å²) in [6.45, 7) is 5.26. The lowest BCUT2D eigenvalue weighted by Gasteiger charge is -2.12. The maximum Gasteiger partial charge on any atom is 0.256 e. The summed E-state index contributed by atoms with van der Waals surface area (Å²) in [4.78, 5) is 22.9. The predicted octanol–water partition coefficient (Wildman–Crippen LogP) is 1.67. The van der Waals surface area contributed by atoms with Crippen LogP contribution in [0, 0.1) is 6.92 Å². The number of amides is 2. The second-order valence-corrected chi connectivity index (χ2v) is 2.85. The number of hydrogen-bond acceptors (Lipinski definition) is 2. The van der Waals surface area contributed by atoms with Crippen LogP contribution in [0.3, 0.4) is 0 Å². The molecule has 0 saturated heterocycles. The Kier molecular flexibility index (Phi) is 3.18. The molecule has 0 aromatic heterocycles. The normalized spacial score (nSPS) is 9.21. The van der Waals surface area contributed by atoms with Crippen LogP contribution in [0.5, 0.6) is 0 Å². The molecule has 0 fully saturated rings. The lowest BCUT2D eigenvalue weighted by molar-refractivity contribution is -0.118. The molecule has 2 amide bonds. The van der Waals surface area contributed by atoms with Gasteiger partial charge < -0.3 is 0 Å². The van der Waals surface area contributed by atoms with E-state index in [0.29, 0.717) is 12.1 Å². The van der Waals surface area contributed by atoms with Crippen LogP contribution in [0.2, 0.25) is 0 Å². The molecule has 0 atom stereocenters. The quantitative estimate of drug-likeness (QED) is 0.535. The second-order valence-electron chi connectivity index (χ2n) is 2.85. The van der Waals surface area contributed by atoms with Crippen molar-refractivity contribution in [3.05, 3.63) is 42.5 Å².